The molecular formula is C17H26O3S2. The molecule has 1 N–H and O–H groups in total. The summed E-state index contributed by atoms with van der Waals surface area (Å²) in [6.45, 7) is 2.22. The van der Waals surface area contributed by atoms with Gasteiger partial charge in [-0.2, -0.15) is 0 Å². The Morgan fingerprint density at radius 1 is 1.27 bits per heavy atom. The van der Waals surface area contributed by atoms with Crippen molar-refractivity contribution in [2.24, 2.45) is 11.3 Å². The molecule has 0 unspecified atom stereocenters. The molecule has 0 bridgehead atoms. The number of ether oxygens (including phenoxy) is 1. The number of aliphatic hydroxyl groups is 1. The number of carbonyl (C=O) groups excluding carboxylic acids is 1. The first-order chi connectivity index (χ1) is 10.4. The van der Waals surface area contributed by atoms with Crippen LogP contribution in [0.25, 0.3) is 0 Å². The van der Waals surface area contributed by atoms with E-state index in [4.69, 9.17) is 4.74 Å². The van der Waals surface area contributed by atoms with E-state index in [2.05, 4.69) is 30.4 Å². The molecule has 2 saturated carbocycles. The molecule has 1 saturated heterocycles. The van der Waals surface area contributed by atoms with E-state index in [1.165, 1.54) is 37.5 Å². The highest BCUT2D eigenvalue weighted by atomic mass is 32.2. The number of hydrogen-bond acceptors (Lipinski definition) is 5. The maximum Gasteiger partial charge on any atom is 0.330 e. The maximum absolute atomic E-state index is 11.4. The molecule has 0 aromatic carbocycles. The van der Waals surface area contributed by atoms with Crippen molar-refractivity contribution in [3.63, 3.8) is 0 Å². The second kappa shape index (κ2) is 6.06. The first kappa shape index (κ1) is 16.7. The minimum atomic E-state index is -0.590. The van der Waals surface area contributed by atoms with Crippen LogP contribution in [0.5, 0.6) is 0 Å². The first-order valence-electron chi connectivity index (χ1n) is 8.20. The molecule has 3 nitrogen and oxygen atoms in total. The molecule has 0 aromatic rings. The van der Waals surface area contributed by atoms with Gasteiger partial charge < -0.3 is 9.84 Å². The summed E-state index contributed by atoms with van der Waals surface area (Å²) in [7, 11) is 1.40. The average molecular weight is 343 g/mol. The van der Waals surface area contributed by atoms with Gasteiger partial charge in [-0.05, 0) is 49.5 Å². The van der Waals surface area contributed by atoms with Gasteiger partial charge in [0.25, 0.3) is 0 Å². The topological polar surface area (TPSA) is 46.5 Å². The highest BCUT2D eigenvalue weighted by Gasteiger charge is 2.61. The molecule has 3 atom stereocenters. The van der Waals surface area contributed by atoms with E-state index in [0.717, 1.165) is 25.7 Å². The Bertz CT molecular complexity index is 473. The van der Waals surface area contributed by atoms with E-state index in [1.807, 2.05) is 6.08 Å². The van der Waals surface area contributed by atoms with Gasteiger partial charge >= 0.3 is 5.97 Å². The lowest BCUT2D eigenvalue weighted by molar-refractivity contribution is -0.135. The number of allylic oxidation sites excluding steroid dienone is 1. The molecular weight excluding hydrogens is 316 g/mol. The largest absolute Gasteiger partial charge is 0.466 e. The van der Waals surface area contributed by atoms with E-state index >= 15 is 0 Å². The summed E-state index contributed by atoms with van der Waals surface area (Å²) in [5.74, 6) is 2.42. The van der Waals surface area contributed by atoms with Gasteiger partial charge in [0.2, 0.25) is 0 Å². The molecule has 1 heterocycles. The van der Waals surface area contributed by atoms with Crippen molar-refractivity contribution >= 4 is 29.5 Å². The van der Waals surface area contributed by atoms with Crippen molar-refractivity contribution in [1.82, 2.24) is 0 Å². The molecule has 2 aliphatic carbocycles. The summed E-state index contributed by atoms with van der Waals surface area (Å²) in [5.41, 5.74) is -0.699. The fourth-order valence-electron chi connectivity index (χ4n) is 4.47. The number of thioether (sulfide) groups is 2. The summed E-state index contributed by atoms with van der Waals surface area (Å²) in [5, 5.41) is 11.4. The molecule has 1 spiro atoms. The third kappa shape index (κ3) is 2.73. The van der Waals surface area contributed by atoms with Crippen molar-refractivity contribution in [3.05, 3.63) is 12.2 Å². The fourth-order valence-corrected chi connectivity index (χ4v) is 7.98. The van der Waals surface area contributed by atoms with Gasteiger partial charge in [-0.25, -0.2) is 4.79 Å². The number of fused-ring (bicyclic) bond motifs is 1. The maximum atomic E-state index is 11.4. The Labute approximate surface area is 141 Å². The summed E-state index contributed by atoms with van der Waals surface area (Å²) < 4.78 is 4.93. The van der Waals surface area contributed by atoms with Gasteiger partial charge in [0, 0.05) is 17.9 Å². The standard InChI is InChI=1S/C17H26O3S2/c1-15-8-9-17(21-10-3-11-22-17)12-16(15,19)7-6-13(15)4-5-14(18)20-2/h4-5,13,19H,3,6-12H2,1-2H3/b5-4+/t13-,15+,16-/m0/s1. The highest BCUT2D eigenvalue weighted by molar-refractivity contribution is 8.18. The van der Waals surface area contributed by atoms with Gasteiger partial charge in [0.15, 0.2) is 0 Å². The van der Waals surface area contributed by atoms with Gasteiger partial charge in [-0.1, -0.05) is 13.0 Å². The molecule has 0 aromatic heterocycles. The van der Waals surface area contributed by atoms with Crippen molar-refractivity contribution in [2.75, 3.05) is 18.6 Å². The third-order valence-electron chi connectivity index (χ3n) is 6.02. The Morgan fingerprint density at radius 3 is 2.68 bits per heavy atom. The lowest BCUT2D eigenvalue weighted by Crippen LogP contribution is -2.54. The van der Waals surface area contributed by atoms with Gasteiger partial charge in [-0.15, -0.1) is 23.5 Å². The number of methoxy groups -OCH3 is 1. The molecule has 22 heavy (non-hydrogen) atoms. The second-order valence-corrected chi connectivity index (χ2v) is 10.3. The van der Waals surface area contributed by atoms with Crippen LogP contribution in [0.3, 0.4) is 0 Å². The summed E-state index contributed by atoms with van der Waals surface area (Å²) in [6, 6.07) is 0. The van der Waals surface area contributed by atoms with Crippen LogP contribution in [0, 0.1) is 11.3 Å². The average Bonchev–Trinajstić information content (AvgIpc) is 2.77. The Balaban J connectivity index is 1.78. The summed E-state index contributed by atoms with van der Waals surface area (Å²) >= 11 is 4.13. The van der Waals surface area contributed by atoms with E-state index in [0.29, 0.717) is 0 Å². The van der Waals surface area contributed by atoms with Gasteiger partial charge in [0.05, 0.1) is 16.8 Å². The van der Waals surface area contributed by atoms with Crippen LogP contribution in [0.15, 0.2) is 12.2 Å². The van der Waals surface area contributed by atoms with Gasteiger partial charge in [-0.3, -0.25) is 0 Å². The smallest absolute Gasteiger partial charge is 0.330 e. The Hall–Kier alpha value is -0.130. The second-order valence-electron chi connectivity index (χ2n) is 7.11. The van der Waals surface area contributed by atoms with Crippen LogP contribution < -0.4 is 0 Å². The molecule has 3 fully saturated rings. The van der Waals surface area contributed by atoms with E-state index < -0.39 is 5.60 Å². The lowest BCUT2D eigenvalue weighted by atomic mass is 9.62. The zero-order valence-electron chi connectivity index (χ0n) is 13.5. The third-order valence-corrected chi connectivity index (χ3v) is 9.46. The molecule has 1 aliphatic heterocycles. The number of rotatable bonds is 2. The number of carbonyl (C=O) groups is 1. The molecule has 3 rings (SSSR count). The SMILES string of the molecule is COC(=O)/C=C/[C@H]1CC[C@]2(O)CC3(CC[C@]12C)SCCCS3. The molecule has 0 radical (unpaired) electrons. The quantitative estimate of drug-likeness (QED) is 0.613. The summed E-state index contributed by atoms with van der Waals surface area (Å²) in [4.78, 5) is 11.4. The van der Waals surface area contributed by atoms with Crippen molar-refractivity contribution in [2.45, 2.75) is 55.1 Å². The Morgan fingerprint density at radius 2 is 2.00 bits per heavy atom. The van der Waals surface area contributed by atoms with Crippen molar-refractivity contribution < 1.29 is 14.6 Å². The summed E-state index contributed by atoms with van der Waals surface area (Å²) in [6.07, 6.45) is 9.72. The Kier molecular flexibility index (Phi) is 4.61. The monoisotopic (exact) mass is 342 g/mol. The molecule has 124 valence electrons. The first-order valence-corrected chi connectivity index (χ1v) is 10.2. The van der Waals surface area contributed by atoms with E-state index in [9.17, 15) is 9.90 Å². The lowest BCUT2D eigenvalue weighted by Gasteiger charge is -2.54. The van der Waals surface area contributed by atoms with Crippen LogP contribution >= 0.6 is 23.5 Å². The molecule has 5 heteroatoms. The molecule has 3 aliphatic rings. The highest BCUT2D eigenvalue weighted by Crippen LogP contribution is 2.65. The van der Waals surface area contributed by atoms with Crippen molar-refractivity contribution in [3.8, 4) is 0 Å². The van der Waals surface area contributed by atoms with Gasteiger partial charge in [0.1, 0.15) is 0 Å². The van der Waals surface area contributed by atoms with Crippen LogP contribution in [0.1, 0.15) is 45.4 Å². The normalized spacial score (nSPS) is 40.8. The van der Waals surface area contributed by atoms with E-state index in [1.54, 1.807) is 0 Å². The van der Waals surface area contributed by atoms with Crippen molar-refractivity contribution in [1.29, 1.82) is 0 Å². The minimum absolute atomic E-state index is 0.110. The zero-order chi connectivity index (χ0) is 15.8. The predicted octanol–water partition coefficient (Wildman–Crippen LogP) is 3.61. The number of esters is 1. The fraction of sp³-hybridized carbons (Fsp3) is 0.824. The van der Waals surface area contributed by atoms with Crippen LogP contribution in [-0.4, -0.2) is 39.4 Å². The zero-order valence-corrected chi connectivity index (χ0v) is 15.1. The van der Waals surface area contributed by atoms with Crippen LogP contribution in [0.4, 0.5) is 0 Å². The van der Waals surface area contributed by atoms with Crippen LogP contribution in [0.2, 0.25) is 0 Å². The number of hydrogen-bond donors (Lipinski definition) is 1. The van der Waals surface area contributed by atoms with Crippen LogP contribution in [-0.2, 0) is 9.53 Å². The molecule has 0 amide bonds. The van der Waals surface area contributed by atoms with E-state index in [-0.39, 0.29) is 21.4 Å². The minimum Gasteiger partial charge on any atom is -0.466 e. The predicted molar refractivity (Wildman–Crippen MR) is 93.1 cm³/mol.